The van der Waals surface area contributed by atoms with Crippen LogP contribution in [0.3, 0.4) is 0 Å². The van der Waals surface area contributed by atoms with Gasteiger partial charge in [-0.25, -0.2) is 0 Å². The second-order valence-electron chi connectivity index (χ2n) is 4.99. The van der Waals surface area contributed by atoms with Crippen molar-refractivity contribution in [2.45, 2.75) is 13.5 Å². The Kier molecular flexibility index (Phi) is 5.98. The van der Waals surface area contributed by atoms with Gasteiger partial charge in [-0.05, 0) is 44.3 Å². The Morgan fingerprint density at radius 1 is 1.18 bits per heavy atom. The average Bonchev–Trinajstić information content (AvgIpc) is 2.49. The zero-order valence-electron chi connectivity index (χ0n) is 12.7. The molecular weight excluding hydrogens is 344 g/mol. The van der Waals surface area contributed by atoms with Crippen LogP contribution in [0, 0.1) is 6.92 Å². The van der Waals surface area contributed by atoms with Gasteiger partial charge in [-0.2, -0.15) is 0 Å². The van der Waals surface area contributed by atoms with E-state index >= 15 is 0 Å². The Bertz CT molecular complexity index is 642. The van der Waals surface area contributed by atoms with Gasteiger partial charge in [-0.3, -0.25) is 4.79 Å². The van der Waals surface area contributed by atoms with Crippen LogP contribution in [0.25, 0.3) is 0 Å². The van der Waals surface area contributed by atoms with Gasteiger partial charge in [0.15, 0.2) is 6.61 Å². The van der Waals surface area contributed by atoms with Gasteiger partial charge in [-0.1, -0.05) is 33.6 Å². The Hall–Kier alpha value is -1.85. The van der Waals surface area contributed by atoms with Crippen LogP contribution in [0.15, 0.2) is 46.9 Å². The van der Waals surface area contributed by atoms with E-state index in [1.807, 2.05) is 56.4 Å². The number of ether oxygens (including phenoxy) is 1. The van der Waals surface area contributed by atoms with Crippen LogP contribution in [0.2, 0.25) is 0 Å². The predicted octanol–water partition coefficient (Wildman–Crippen LogP) is 3.49. The second-order valence-corrected chi connectivity index (χ2v) is 5.90. The highest BCUT2D eigenvalue weighted by Crippen LogP contribution is 2.23. The number of anilines is 1. The number of nitrogens with one attached hydrogen (secondary N) is 2. The van der Waals surface area contributed by atoms with Crippen molar-refractivity contribution >= 4 is 27.5 Å². The highest BCUT2D eigenvalue weighted by molar-refractivity contribution is 9.10. The third kappa shape index (κ3) is 4.86. The van der Waals surface area contributed by atoms with Gasteiger partial charge in [0, 0.05) is 22.3 Å². The number of rotatable bonds is 6. The Morgan fingerprint density at radius 3 is 2.59 bits per heavy atom. The Labute approximate surface area is 139 Å². The molecule has 0 saturated carbocycles. The highest BCUT2D eigenvalue weighted by atomic mass is 79.9. The molecule has 0 spiro atoms. The van der Waals surface area contributed by atoms with Crippen LogP contribution in [0.5, 0.6) is 5.75 Å². The largest absolute Gasteiger partial charge is 0.483 e. The van der Waals surface area contributed by atoms with Crippen LogP contribution >= 0.6 is 15.9 Å². The van der Waals surface area contributed by atoms with E-state index in [2.05, 4.69) is 26.6 Å². The van der Waals surface area contributed by atoms with E-state index in [4.69, 9.17) is 4.74 Å². The van der Waals surface area contributed by atoms with Crippen molar-refractivity contribution in [3.05, 3.63) is 58.1 Å². The fraction of sp³-hybridized carbons (Fsp3) is 0.235. The fourth-order valence-corrected chi connectivity index (χ4v) is 2.40. The van der Waals surface area contributed by atoms with Gasteiger partial charge >= 0.3 is 0 Å². The lowest BCUT2D eigenvalue weighted by Crippen LogP contribution is -2.20. The van der Waals surface area contributed by atoms with E-state index < -0.39 is 0 Å². The zero-order valence-corrected chi connectivity index (χ0v) is 14.2. The van der Waals surface area contributed by atoms with Crippen molar-refractivity contribution in [3.63, 3.8) is 0 Å². The number of benzene rings is 2. The predicted molar refractivity (Wildman–Crippen MR) is 92.2 cm³/mol. The summed E-state index contributed by atoms with van der Waals surface area (Å²) in [6.07, 6.45) is 0. The first-order chi connectivity index (χ1) is 10.6. The molecule has 2 aromatic carbocycles. The Morgan fingerprint density at radius 2 is 1.91 bits per heavy atom. The smallest absolute Gasteiger partial charge is 0.262 e. The van der Waals surface area contributed by atoms with E-state index in [0.717, 1.165) is 21.3 Å². The molecule has 0 bridgehead atoms. The molecule has 0 radical (unpaired) electrons. The summed E-state index contributed by atoms with van der Waals surface area (Å²) in [7, 11) is 1.87. The summed E-state index contributed by atoms with van der Waals surface area (Å²) in [6, 6.07) is 13.4. The van der Waals surface area contributed by atoms with Crippen LogP contribution in [-0.4, -0.2) is 19.6 Å². The lowest BCUT2D eigenvalue weighted by atomic mass is 10.2. The molecule has 116 valence electrons. The van der Waals surface area contributed by atoms with E-state index in [-0.39, 0.29) is 12.5 Å². The minimum Gasteiger partial charge on any atom is -0.483 e. The number of aryl methyl sites for hydroxylation is 1. The van der Waals surface area contributed by atoms with Gasteiger partial charge in [0.05, 0.1) is 0 Å². The number of carbonyl (C=O) groups is 1. The maximum absolute atomic E-state index is 11.9. The van der Waals surface area contributed by atoms with E-state index in [9.17, 15) is 4.79 Å². The zero-order chi connectivity index (χ0) is 15.9. The first-order valence-corrected chi connectivity index (χ1v) is 7.80. The standard InChI is InChI=1S/C17H19BrN2O2/c1-12-3-6-15(7-4-12)20-17(21)11-22-16-8-5-14(18)9-13(16)10-19-2/h3-9,19H,10-11H2,1-2H3,(H,20,21). The van der Waals surface area contributed by atoms with Gasteiger partial charge in [0.1, 0.15) is 5.75 Å². The monoisotopic (exact) mass is 362 g/mol. The molecule has 0 aromatic heterocycles. The lowest BCUT2D eigenvalue weighted by Gasteiger charge is -2.12. The number of amides is 1. The molecule has 0 aliphatic rings. The van der Waals surface area contributed by atoms with E-state index in [0.29, 0.717) is 12.3 Å². The van der Waals surface area contributed by atoms with Crippen LogP contribution in [0.4, 0.5) is 5.69 Å². The molecule has 0 saturated heterocycles. The molecule has 0 aliphatic heterocycles. The van der Waals surface area contributed by atoms with Crippen molar-refractivity contribution in [1.82, 2.24) is 5.32 Å². The van der Waals surface area contributed by atoms with Crippen LogP contribution in [0.1, 0.15) is 11.1 Å². The van der Waals surface area contributed by atoms with Gasteiger partial charge in [-0.15, -0.1) is 0 Å². The van der Waals surface area contributed by atoms with Crippen molar-refractivity contribution in [2.24, 2.45) is 0 Å². The maximum atomic E-state index is 11.9. The average molecular weight is 363 g/mol. The molecule has 4 nitrogen and oxygen atoms in total. The first kappa shape index (κ1) is 16.5. The summed E-state index contributed by atoms with van der Waals surface area (Å²) >= 11 is 3.43. The summed E-state index contributed by atoms with van der Waals surface area (Å²) in [6.45, 7) is 2.66. The number of hydrogen-bond acceptors (Lipinski definition) is 3. The van der Waals surface area contributed by atoms with E-state index in [1.165, 1.54) is 0 Å². The molecule has 2 rings (SSSR count). The van der Waals surface area contributed by atoms with Gasteiger partial charge in [0.2, 0.25) is 0 Å². The second kappa shape index (κ2) is 7.96. The molecule has 0 atom stereocenters. The SMILES string of the molecule is CNCc1cc(Br)ccc1OCC(=O)Nc1ccc(C)cc1. The summed E-state index contributed by atoms with van der Waals surface area (Å²) < 4.78 is 6.61. The molecule has 0 heterocycles. The number of halogens is 1. The summed E-state index contributed by atoms with van der Waals surface area (Å²) in [5, 5.41) is 5.90. The highest BCUT2D eigenvalue weighted by Gasteiger charge is 2.08. The van der Waals surface area contributed by atoms with Crippen molar-refractivity contribution in [3.8, 4) is 5.75 Å². The third-order valence-corrected chi connectivity index (χ3v) is 3.58. The topological polar surface area (TPSA) is 50.4 Å². The minimum atomic E-state index is -0.179. The van der Waals surface area contributed by atoms with Crippen molar-refractivity contribution in [2.75, 3.05) is 19.0 Å². The maximum Gasteiger partial charge on any atom is 0.262 e. The minimum absolute atomic E-state index is 0.0216. The summed E-state index contributed by atoms with van der Waals surface area (Å²) in [5.74, 6) is 0.527. The molecule has 22 heavy (non-hydrogen) atoms. The van der Waals surface area contributed by atoms with Crippen LogP contribution < -0.4 is 15.4 Å². The molecular formula is C17H19BrN2O2. The lowest BCUT2D eigenvalue weighted by molar-refractivity contribution is -0.118. The molecule has 5 heteroatoms. The van der Waals surface area contributed by atoms with Crippen molar-refractivity contribution in [1.29, 1.82) is 0 Å². The number of carbonyl (C=O) groups excluding carboxylic acids is 1. The van der Waals surface area contributed by atoms with Crippen molar-refractivity contribution < 1.29 is 9.53 Å². The first-order valence-electron chi connectivity index (χ1n) is 7.01. The normalized spacial score (nSPS) is 10.3. The fourth-order valence-electron chi connectivity index (χ4n) is 1.99. The quantitative estimate of drug-likeness (QED) is 0.826. The van der Waals surface area contributed by atoms with Gasteiger partial charge in [0.25, 0.3) is 5.91 Å². The molecule has 0 unspecified atom stereocenters. The molecule has 0 aliphatic carbocycles. The Balaban J connectivity index is 1.94. The van der Waals surface area contributed by atoms with E-state index in [1.54, 1.807) is 0 Å². The number of hydrogen-bond donors (Lipinski definition) is 2. The molecule has 1 amide bonds. The molecule has 2 N–H and O–H groups in total. The molecule has 0 fully saturated rings. The molecule has 2 aromatic rings. The summed E-state index contributed by atoms with van der Waals surface area (Å²) in [5.41, 5.74) is 2.92. The summed E-state index contributed by atoms with van der Waals surface area (Å²) in [4.78, 5) is 11.9. The van der Waals surface area contributed by atoms with Crippen LogP contribution in [-0.2, 0) is 11.3 Å². The van der Waals surface area contributed by atoms with Gasteiger partial charge < -0.3 is 15.4 Å². The third-order valence-electron chi connectivity index (χ3n) is 3.08.